The van der Waals surface area contributed by atoms with Crippen LogP contribution in [-0.4, -0.2) is 30.4 Å². The van der Waals surface area contributed by atoms with Crippen LogP contribution in [0.5, 0.6) is 0 Å². The molecule has 1 aromatic rings. The van der Waals surface area contributed by atoms with Gasteiger partial charge in [0.2, 0.25) is 0 Å². The fraction of sp³-hybridized carbons (Fsp3) is 0.727. The van der Waals surface area contributed by atoms with Gasteiger partial charge in [0, 0.05) is 23.6 Å². The average Bonchev–Trinajstić information content (AvgIpc) is 2.53. The number of hydrogen-bond donors (Lipinski definition) is 2. The van der Waals surface area contributed by atoms with Crippen LogP contribution in [0.1, 0.15) is 29.4 Å². The first-order valence-electron chi connectivity index (χ1n) is 5.68. The molecule has 0 amide bonds. The molecule has 0 aliphatic rings. The van der Waals surface area contributed by atoms with Crippen molar-refractivity contribution in [1.82, 2.24) is 10.4 Å². The average molecular weight is 291 g/mol. The molecule has 0 aliphatic heterocycles. The Morgan fingerprint density at radius 3 is 2.33 bits per heavy atom. The maximum absolute atomic E-state index is 11.8. The molecule has 5 nitrogen and oxygen atoms in total. The van der Waals surface area contributed by atoms with Crippen molar-refractivity contribution in [3.05, 3.63) is 15.6 Å². The number of hydrogen-bond acceptors (Lipinski definition) is 6. The Morgan fingerprint density at radius 1 is 1.44 bits per heavy atom. The molecule has 18 heavy (non-hydrogen) atoms. The molecule has 0 spiro atoms. The van der Waals surface area contributed by atoms with Gasteiger partial charge in [-0.05, 0) is 27.7 Å². The van der Waals surface area contributed by atoms with Crippen LogP contribution in [0.25, 0.3) is 0 Å². The number of sulfone groups is 1. The van der Waals surface area contributed by atoms with E-state index in [1.807, 2.05) is 13.8 Å². The highest BCUT2D eigenvalue weighted by Crippen LogP contribution is 2.25. The normalized spacial score (nSPS) is 14.8. The van der Waals surface area contributed by atoms with Crippen LogP contribution in [-0.2, 0) is 16.3 Å². The predicted molar refractivity (Wildman–Crippen MR) is 75.3 cm³/mol. The zero-order valence-electron chi connectivity index (χ0n) is 11.4. The molecule has 7 heteroatoms. The Balaban J connectivity index is 2.99. The number of nitrogens with one attached hydrogen (secondary N) is 1. The van der Waals surface area contributed by atoms with E-state index in [4.69, 9.17) is 5.84 Å². The summed E-state index contributed by atoms with van der Waals surface area (Å²) in [5, 5.41) is 0.907. The molecule has 0 radical (unpaired) electrons. The number of rotatable bonds is 5. The molecule has 0 aromatic carbocycles. The standard InChI is InChI=1S/C11H21N3O2S2/c1-7-8(2)17-10(13-7)6-9(14-12)11(3,4)18(5,15)16/h9,14H,6,12H2,1-5H3. The van der Waals surface area contributed by atoms with E-state index in [2.05, 4.69) is 10.4 Å². The Bertz CT molecular complexity index is 501. The van der Waals surface area contributed by atoms with Crippen molar-refractivity contribution < 1.29 is 8.42 Å². The van der Waals surface area contributed by atoms with Crippen LogP contribution < -0.4 is 11.3 Å². The lowest BCUT2D eigenvalue weighted by atomic mass is 10.0. The lowest BCUT2D eigenvalue weighted by Gasteiger charge is -2.31. The number of nitrogens with zero attached hydrogens (tertiary/aromatic N) is 1. The summed E-state index contributed by atoms with van der Waals surface area (Å²) < 4.78 is 22.7. The minimum atomic E-state index is -3.20. The second kappa shape index (κ2) is 5.24. The van der Waals surface area contributed by atoms with Gasteiger partial charge in [0.25, 0.3) is 0 Å². The van der Waals surface area contributed by atoms with Crippen molar-refractivity contribution in [3.8, 4) is 0 Å². The summed E-state index contributed by atoms with van der Waals surface area (Å²) in [5.41, 5.74) is 3.60. The largest absolute Gasteiger partial charge is 0.271 e. The molecule has 1 atom stereocenters. The van der Waals surface area contributed by atoms with Gasteiger partial charge in [-0.25, -0.2) is 13.4 Å². The Kier molecular flexibility index (Phi) is 4.53. The zero-order chi connectivity index (χ0) is 14.1. The van der Waals surface area contributed by atoms with Crippen LogP contribution in [0.3, 0.4) is 0 Å². The fourth-order valence-electron chi connectivity index (χ4n) is 1.56. The topological polar surface area (TPSA) is 85.1 Å². The minimum absolute atomic E-state index is 0.363. The van der Waals surface area contributed by atoms with Gasteiger partial charge in [0.1, 0.15) is 0 Å². The van der Waals surface area contributed by atoms with E-state index in [0.717, 1.165) is 15.6 Å². The first-order chi connectivity index (χ1) is 8.09. The third-order valence-electron chi connectivity index (χ3n) is 3.45. The Morgan fingerprint density at radius 2 is 2.00 bits per heavy atom. The van der Waals surface area contributed by atoms with Crippen molar-refractivity contribution in [2.24, 2.45) is 5.84 Å². The highest BCUT2D eigenvalue weighted by Gasteiger charge is 2.39. The number of aryl methyl sites for hydroxylation is 2. The quantitative estimate of drug-likeness (QED) is 0.623. The number of thiazole rings is 1. The molecule has 0 saturated carbocycles. The highest BCUT2D eigenvalue weighted by atomic mass is 32.2. The van der Waals surface area contributed by atoms with Gasteiger partial charge in [0.15, 0.2) is 9.84 Å². The lowest BCUT2D eigenvalue weighted by Crippen LogP contribution is -2.55. The summed E-state index contributed by atoms with van der Waals surface area (Å²) in [6.07, 6.45) is 1.74. The van der Waals surface area contributed by atoms with E-state index < -0.39 is 14.6 Å². The number of aromatic nitrogens is 1. The minimum Gasteiger partial charge on any atom is -0.271 e. The van der Waals surface area contributed by atoms with Crippen molar-refractivity contribution in [2.75, 3.05) is 6.26 Å². The molecule has 3 N–H and O–H groups in total. The summed E-state index contributed by atoms with van der Waals surface area (Å²) in [4.78, 5) is 5.57. The van der Waals surface area contributed by atoms with Crippen LogP contribution in [0.4, 0.5) is 0 Å². The zero-order valence-corrected chi connectivity index (χ0v) is 13.1. The van der Waals surface area contributed by atoms with E-state index >= 15 is 0 Å². The van der Waals surface area contributed by atoms with E-state index in [-0.39, 0.29) is 6.04 Å². The molecule has 1 aromatic heterocycles. The van der Waals surface area contributed by atoms with E-state index in [1.54, 1.807) is 25.2 Å². The monoisotopic (exact) mass is 291 g/mol. The predicted octanol–water partition coefficient (Wildman–Crippen LogP) is 0.958. The van der Waals surface area contributed by atoms with Gasteiger partial charge >= 0.3 is 0 Å². The molecule has 0 saturated heterocycles. The number of hydrazine groups is 1. The second-order valence-corrected chi connectivity index (χ2v) is 8.93. The third-order valence-corrected chi connectivity index (χ3v) is 6.74. The van der Waals surface area contributed by atoms with Crippen LogP contribution >= 0.6 is 11.3 Å². The van der Waals surface area contributed by atoms with E-state index in [1.165, 1.54) is 6.26 Å². The van der Waals surface area contributed by atoms with Gasteiger partial charge in [-0.1, -0.05) is 0 Å². The number of nitrogens with two attached hydrogens (primary N) is 1. The van der Waals surface area contributed by atoms with E-state index in [9.17, 15) is 8.42 Å². The molecule has 0 bridgehead atoms. The first kappa shape index (κ1) is 15.6. The molecule has 1 unspecified atom stereocenters. The second-order valence-electron chi connectivity index (χ2n) is 5.05. The first-order valence-corrected chi connectivity index (χ1v) is 8.39. The van der Waals surface area contributed by atoms with Gasteiger partial charge < -0.3 is 0 Å². The maximum Gasteiger partial charge on any atom is 0.154 e. The van der Waals surface area contributed by atoms with Crippen molar-refractivity contribution in [2.45, 2.75) is 44.9 Å². The van der Waals surface area contributed by atoms with Crippen LogP contribution in [0.15, 0.2) is 0 Å². The van der Waals surface area contributed by atoms with Gasteiger partial charge in [0.05, 0.1) is 15.4 Å². The van der Waals surface area contributed by atoms with Crippen molar-refractivity contribution >= 4 is 21.2 Å². The summed E-state index contributed by atoms with van der Waals surface area (Å²) in [5.74, 6) is 5.51. The summed E-state index contributed by atoms with van der Waals surface area (Å²) >= 11 is 1.58. The van der Waals surface area contributed by atoms with Gasteiger partial charge in [-0.3, -0.25) is 11.3 Å². The molecule has 1 rings (SSSR count). The lowest BCUT2D eigenvalue weighted by molar-refractivity contribution is 0.412. The van der Waals surface area contributed by atoms with Crippen LogP contribution in [0, 0.1) is 13.8 Å². The summed E-state index contributed by atoms with van der Waals surface area (Å²) in [6, 6.07) is -0.363. The van der Waals surface area contributed by atoms with Gasteiger partial charge in [-0.2, -0.15) is 0 Å². The molecular formula is C11H21N3O2S2. The smallest absolute Gasteiger partial charge is 0.154 e. The Hall–Kier alpha value is -0.500. The molecular weight excluding hydrogens is 270 g/mol. The van der Waals surface area contributed by atoms with E-state index in [0.29, 0.717) is 6.42 Å². The summed E-state index contributed by atoms with van der Waals surface area (Å²) in [6.45, 7) is 7.31. The SMILES string of the molecule is Cc1nc(CC(NN)C(C)(C)S(C)(=O)=O)sc1C. The van der Waals surface area contributed by atoms with Crippen molar-refractivity contribution in [1.29, 1.82) is 0 Å². The highest BCUT2D eigenvalue weighted by molar-refractivity contribution is 7.92. The molecule has 0 fully saturated rings. The maximum atomic E-state index is 11.8. The molecule has 0 aliphatic carbocycles. The molecule has 1 heterocycles. The van der Waals surface area contributed by atoms with Crippen LogP contribution in [0.2, 0.25) is 0 Å². The van der Waals surface area contributed by atoms with Gasteiger partial charge in [-0.15, -0.1) is 11.3 Å². The summed E-state index contributed by atoms with van der Waals surface area (Å²) in [7, 11) is -3.20. The third kappa shape index (κ3) is 3.09. The Labute approximate surface area is 113 Å². The fourth-order valence-corrected chi connectivity index (χ4v) is 3.21. The van der Waals surface area contributed by atoms with Crippen molar-refractivity contribution in [3.63, 3.8) is 0 Å². The molecule has 104 valence electrons.